The molecule has 0 saturated heterocycles. The van der Waals surface area contributed by atoms with Crippen LogP contribution in [0, 0.1) is 13.8 Å². The van der Waals surface area contributed by atoms with Gasteiger partial charge in [-0.3, -0.25) is 4.79 Å². The first-order valence-corrected chi connectivity index (χ1v) is 12.3. The second kappa shape index (κ2) is 11.8. The van der Waals surface area contributed by atoms with Gasteiger partial charge in [0.15, 0.2) is 6.61 Å². The molecular formula is C24H30N2O7S. The molecule has 0 saturated carbocycles. The summed E-state index contributed by atoms with van der Waals surface area (Å²) in [6.45, 7) is 8.95. The number of rotatable bonds is 11. The number of ether oxygens (including phenoxy) is 2. The third-order valence-corrected chi connectivity index (χ3v) is 7.24. The summed E-state index contributed by atoms with van der Waals surface area (Å²) in [6.07, 6.45) is 2.62. The summed E-state index contributed by atoms with van der Waals surface area (Å²) in [7, 11) is -3.56. The van der Waals surface area contributed by atoms with E-state index in [9.17, 15) is 22.8 Å². The van der Waals surface area contributed by atoms with Crippen molar-refractivity contribution in [3.63, 3.8) is 0 Å². The van der Waals surface area contributed by atoms with Gasteiger partial charge in [0, 0.05) is 30.4 Å². The molecule has 34 heavy (non-hydrogen) atoms. The van der Waals surface area contributed by atoms with E-state index in [2.05, 4.69) is 4.98 Å². The van der Waals surface area contributed by atoms with Crippen LogP contribution in [0.5, 0.6) is 0 Å². The molecule has 1 aromatic carbocycles. The molecule has 0 atom stereocenters. The highest BCUT2D eigenvalue weighted by Crippen LogP contribution is 2.20. The second-order valence-corrected chi connectivity index (χ2v) is 9.31. The van der Waals surface area contributed by atoms with Crippen molar-refractivity contribution >= 4 is 33.8 Å². The number of carbonyl (C=O) groups excluding carboxylic acids is 3. The third-order valence-electron chi connectivity index (χ3n) is 5.18. The number of esters is 2. The van der Waals surface area contributed by atoms with Gasteiger partial charge in [-0.1, -0.05) is 26.0 Å². The van der Waals surface area contributed by atoms with Gasteiger partial charge in [0.25, 0.3) is 0 Å². The summed E-state index contributed by atoms with van der Waals surface area (Å²) < 4.78 is 36.4. The van der Waals surface area contributed by atoms with Gasteiger partial charge < -0.3 is 14.5 Å². The van der Waals surface area contributed by atoms with E-state index in [0.717, 1.165) is 6.08 Å². The van der Waals surface area contributed by atoms with Crippen LogP contribution in [0.15, 0.2) is 35.2 Å². The summed E-state index contributed by atoms with van der Waals surface area (Å²) in [5.74, 6) is -1.74. The highest BCUT2D eigenvalue weighted by Gasteiger charge is 2.23. The number of H-pyrrole nitrogens is 1. The Morgan fingerprint density at radius 3 is 2.18 bits per heavy atom. The first kappa shape index (κ1) is 27.0. The number of benzene rings is 1. The molecule has 0 radical (unpaired) electrons. The monoisotopic (exact) mass is 490 g/mol. The van der Waals surface area contributed by atoms with E-state index >= 15 is 0 Å². The van der Waals surface area contributed by atoms with Crippen LogP contribution in [0.1, 0.15) is 58.4 Å². The van der Waals surface area contributed by atoms with Crippen LogP contribution in [0.4, 0.5) is 0 Å². The van der Waals surface area contributed by atoms with Crippen molar-refractivity contribution in [1.29, 1.82) is 0 Å². The molecule has 10 heteroatoms. The van der Waals surface area contributed by atoms with Gasteiger partial charge in [-0.2, -0.15) is 4.31 Å². The predicted octanol–water partition coefficient (Wildman–Crippen LogP) is 3.28. The third kappa shape index (κ3) is 6.21. The Balaban J connectivity index is 2.01. The first-order valence-electron chi connectivity index (χ1n) is 10.9. The van der Waals surface area contributed by atoms with Crippen molar-refractivity contribution in [2.45, 2.75) is 39.5 Å². The van der Waals surface area contributed by atoms with Gasteiger partial charge in [-0.15, -0.1) is 0 Å². The Morgan fingerprint density at radius 1 is 1.00 bits per heavy atom. The van der Waals surface area contributed by atoms with Gasteiger partial charge in [-0.05, 0) is 50.1 Å². The van der Waals surface area contributed by atoms with Gasteiger partial charge in [0.05, 0.1) is 11.5 Å². The number of Topliss-reactive ketones (excluding diaryl/α,β-unsaturated/α-hetero) is 1. The van der Waals surface area contributed by atoms with E-state index in [-0.39, 0.29) is 22.8 Å². The molecule has 1 heterocycles. The van der Waals surface area contributed by atoms with Crippen LogP contribution in [-0.2, 0) is 24.3 Å². The van der Waals surface area contributed by atoms with Crippen molar-refractivity contribution in [3.05, 3.63) is 58.4 Å². The number of carbonyl (C=O) groups is 3. The number of hydrogen-bond acceptors (Lipinski definition) is 7. The molecule has 0 aliphatic heterocycles. The molecule has 0 spiro atoms. The molecule has 0 bridgehead atoms. The highest BCUT2D eigenvalue weighted by molar-refractivity contribution is 7.89. The van der Waals surface area contributed by atoms with Crippen LogP contribution >= 0.6 is 0 Å². The van der Waals surface area contributed by atoms with Gasteiger partial charge in [0.1, 0.15) is 5.69 Å². The number of ketones is 1. The van der Waals surface area contributed by atoms with Crippen LogP contribution < -0.4 is 0 Å². The minimum absolute atomic E-state index is 0.168. The largest absolute Gasteiger partial charge is 0.461 e. The molecule has 0 unspecified atom stereocenters. The van der Waals surface area contributed by atoms with E-state index in [1.807, 2.05) is 0 Å². The van der Waals surface area contributed by atoms with Crippen LogP contribution in [0.25, 0.3) is 6.08 Å². The standard InChI is InChI=1S/C24H30N2O7S/c1-6-26(7-2)34(30,31)19-12-9-18(10-13-19)11-14-21(28)33-15-20(27)22-16(4)23(25-17(22)5)24(29)32-8-3/h9-14,25H,6-8,15H2,1-5H3/b14-11+. The lowest BCUT2D eigenvalue weighted by atomic mass is 10.1. The predicted molar refractivity (Wildman–Crippen MR) is 127 cm³/mol. The highest BCUT2D eigenvalue weighted by atomic mass is 32.2. The Bertz CT molecular complexity index is 1170. The molecule has 9 nitrogen and oxygen atoms in total. The van der Waals surface area contributed by atoms with E-state index in [4.69, 9.17) is 9.47 Å². The molecular weight excluding hydrogens is 460 g/mol. The lowest BCUT2D eigenvalue weighted by Crippen LogP contribution is -2.30. The normalized spacial score (nSPS) is 11.7. The van der Waals surface area contributed by atoms with Crippen LogP contribution in [0.2, 0.25) is 0 Å². The quantitative estimate of drug-likeness (QED) is 0.291. The fraction of sp³-hybridized carbons (Fsp3) is 0.375. The van der Waals surface area contributed by atoms with Crippen molar-refractivity contribution < 1.29 is 32.3 Å². The SMILES string of the molecule is CCOC(=O)c1[nH]c(C)c(C(=O)COC(=O)/C=C/c2ccc(S(=O)(=O)N(CC)CC)cc2)c1C. The Labute approximate surface area is 199 Å². The summed E-state index contributed by atoms with van der Waals surface area (Å²) in [4.78, 5) is 39.6. The first-order chi connectivity index (χ1) is 16.1. The molecule has 0 aliphatic carbocycles. The molecule has 0 fully saturated rings. The van der Waals surface area contributed by atoms with E-state index in [1.165, 1.54) is 22.5 Å². The van der Waals surface area contributed by atoms with Crippen molar-refractivity contribution in [3.8, 4) is 0 Å². The number of nitrogens with zero attached hydrogens (tertiary/aromatic N) is 1. The van der Waals surface area contributed by atoms with Crippen molar-refractivity contribution in [2.75, 3.05) is 26.3 Å². The van der Waals surface area contributed by atoms with Crippen LogP contribution in [0.3, 0.4) is 0 Å². The van der Waals surface area contributed by atoms with Gasteiger partial charge in [0.2, 0.25) is 15.8 Å². The Hall–Kier alpha value is -3.24. The summed E-state index contributed by atoms with van der Waals surface area (Å²) in [5.41, 5.74) is 1.99. The molecule has 1 aromatic heterocycles. The minimum atomic E-state index is -3.56. The maximum absolute atomic E-state index is 12.6. The number of aryl methyl sites for hydroxylation is 1. The van der Waals surface area contributed by atoms with Gasteiger partial charge in [-0.25, -0.2) is 18.0 Å². The zero-order valence-electron chi connectivity index (χ0n) is 20.0. The number of sulfonamides is 1. The zero-order valence-corrected chi connectivity index (χ0v) is 20.8. The van der Waals surface area contributed by atoms with E-state index in [0.29, 0.717) is 29.9 Å². The number of nitrogens with one attached hydrogen (secondary N) is 1. The lowest BCUT2D eigenvalue weighted by molar-refractivity contribution is -0.136. The molecule has 1 N–H and O–H groups in total. The van der Waals surface area contributed by atoms with E-state index < -0.39 is 34.4 Å². The fourth-order valence-electron chi connectivity index (χ4n) is 3.46. The minimum Gasteiger partial charge on any atom is -0.461 e. The Morgan fingerprint density at radius 2 is 1.62 bits per heavy atom. The molecule has 0 amide bonds. The molecule has 2 aromatic rings. The summed E-state index contributed by atoms with van der Waals surface area (Å²) >= 11 is 0. The molecule has 0 aliphatic rings. The average Bonchev–Trinajstić information content (AvgIpc) is 3.11. The number of aromatic nitrogens is 1. The maximum atomic E-state index is 12.6. The van der Waals surface area contributed by atoms with Gasteiger partial charge >= 0.3 is 11.9 Å². The second-order valence-electron chi connectivity index (χ2n) is 7.37. The molecule has 184 valence electrons. The summed E-state index contributed by atoms with van der Waals surface area (Å²) in [6, 6.07) is 6.10. The van der Waals surface area contributed by atoms with Crippen molar-refractivity contribution in [1.82, 2.24) is 9.29 Å². The lowest BCUT2D eigenvalue weighted by Gasteiger charge is -2.18. The van der Waals surface area contributed by atoms with Crippen molar-refractivity contribution in [2.24, 2.45) is 0 Å². The topological polar surface area (TPSA) is 123 Å². The number of hydrogen-bond donors (Lipinski definition) is 1. The smallest absolute Gasteiger partial charge is 0.355 e. The average molecular weight is 491 g/mol. The fourth-order valence-corrected chi connectivity index (χ4v) is 4.92. The zero-order chi connectivity index (χ0) is 25.5. The maximum Gasteiger partial charge on any atom is 0.355 e. The van der Waals surface area contributed by atoms with E-state index in [1.54, 1.807) is 46.8 Å². The molecule has 2 rings (SSSR count). The number of aromatic amines is 1. The Kier molecular flexibility index (Phi) is 9.34. The summed E-state index contributed by atoms with van der Waals surface area (Å²) in [5, 5.41) is 0. The van der Waals surface area contributed by atoms with Crippen LogP contribution in [-0.4, -0.2) is 61.7 Å².